The van der Waals surface area contributed by atoms with Gasteiger partial charge in [-0.25, -0.2) is 4.39 Å². The second kappa shape index (κ2) is 10.9. The number of nitrogens with zero attached hydrogens (tertiary/aromatic N) is 1. The Labute approximate surface area is 175 Å². The standard InChI is InChI=1S/C17H18F4N4O2.HI/c1-22-16(25-10-15(26)23-9-13-3-2-6-27-13)24-8-11-4-5-12(18)7-14(11)17(19,20)21;/h2-7H,8-10H2,1H3,(H,23,26)(H2,22,24,25);1H. The molecule has 0 unspecified atom stereocenters. The summed E-state index contributed by atoms with van der Waals surface area (Å²) in [5.74, 6) is -0.614. The number of hydrogen-bond acceptors (Lipinski definition) is 3. The first-order chi connectivity index (χ1) is 12.8. The zero-order chi connectivity index (χ0) is 19.9. The van der Waals surface area contributed by atoms with Gasteiger partial charge >= 0.3 is 6.18 Å². The maximum absolute atomic E-state index is 13.1. The van der Waals surface area contributed by atoms with Crippen LogP contribution in [0.4, 0.5) is 17.6 Å². The highest BCUT2D eigenvalue weighted by Crippen LogP contribution is 2.32. The predicted octanol–water partition coefficient (Wildman–Crippen LogP) is 3.04. The van der Waals surface area contributed by atoms with Crippen molar-refractivity contribution in [2.24, 2.45) is 4.99 Å². The molecule has 28 heavy (non-hydrogen) atoms. The Kier molecular flexibility index (Phi) is 9.22. The summed E-state index contributed by atoms with van der Waals surface area (Å²) in [5.41, 5.74) is -1.21. The molecule has 3 N–H and O–H groups in total. The van der Waals surface area contributed by atoms with Gasteiger partial charge in [0.1, 0.15) is 11.6 Å². The average Bonchev–Trinajstić information content (AvgIpc) is 3.13. The number of furan rings is 1. The summed E-state index contributed by atoms with van der Waals surface area (Å²) >= 11 is 0. The van der Waals surface area contributed by atoms with E-state index in [0.717, 1.165) is 12.1 Å². The molecule has 0 bridgehead atoms. The Morgan fingerprint density at radius 1 is 1.14 bits per heavy atom. The van der Waals surface area contributed by atoms with Crippen LogP contribution < -0.4 is 16.0 Å². The molecule has 2 rings (SSSR count). The lowest BCUT2D eigenvalue weighted by Crippen LogP contribution is -2.42. The second-order valence-electron chi connectivity index (χ2n) is 5.43. The van der Waals surface area contributed by atoms with Crippen LogP contribution in [0.25, 0.3) is 0 Å². The van der Waals surface area contributed by atoms with Crippen LogP contribution in [0.1, 0.15) is 16.9 Å². The summed E-state index contributed by atoms with van der Waals surface area (Å²) in [4.78, 5) is 15.6. The summed E-state index contributed by atoms with van der Waals surface area (Å²) in [6, 6.07) is 5.83. The number of alkyl halides is 3. The van der Waals surface area contributed by atoms with Crippen LogP contribution in [0.3, 0.4) is 0 Å². The number of carbonyl (C=O) groups is 1. The maximum atomic E-state index is 13.1. The number of benzene rings is 1. The van der Waals surface area contributed by atoms with Crippen molar-refractivity contribution in [3.63, 3.8) is 0 Å². The number of aliphatic imine (C=N–C) groups is 1. The molecule has 0 saturated carbocycles. The molecule has 0 fully saturated rings. The Bertz CT molecular complexity index is 795. The van der Waals surface area contributed by atoms with Crippen molar-refractivity contribution in [3.8, 4) is 0 Å². The fourth-order valence-corrected chi connectivity index (χ4v) is 2.19. The molecule has 1 heterocycles. The Morgan fingerprint density at radius 2 is 1.89 bits per heavy atom. The van der Waals surface area contributed by atoms with Crippen molar-refractivity contribution >= 4 is 35.8 Å². The molecule has 0 saturated heterocycles. The first-order valence-corrected chi connectivity index (χ1v) is 7.89. The van der Waals surface area contributed by atoms with Crippen LogP contribution in [0.15, 0.2) is 46.0 Å². The number of halogens is 5. The van der Waals surface area contributed by atoms with Crippen molar-refractivity contribution in [2.45, 2.75) is 19.3 Å². The van der Waals surface area contributed by atoms with Crippen molar-refractivity contribution in [2.75, 3.05) is 13.6 Å². The van der Waals surface area contributed by atoms with E-state index in [4.69, 9.17) is 4.42 Å². The van der Waals surface area contributed by atoms with E-state index in [1.54, 1.807) is 12.1 Å². The quantitative estimate of drug-likeness (QED) is 0.240. The van der Waals surface area contributed by atoms with Crippen LogP contribution in [-0.2, 0) is 24.1 Å². The summed E-state index contributed by atoms with van der Waals surface area (Å²) < 4.78 is 57.2. The molecule has 0 atom stereocenters. The van der Waals surface area contributed by atoms with Gasteiger partial charge in [-0.05, 0) is 29.8 Å². The van der Waals surface area contributed by atoms with Crippen molar-refractivity contribution in [1.82, 2.24) is 16.0 Å². The first-order valence-electron chi connectivity index (χ1n) is 7.89. The zero-order valence-electron chi connectivity index (χ0n) is 14.8. The van der Waals surface area contributed by atoms with E-state index in [9.17, 15) is 22.4 Å². The van der Waals surface area contributed by atoms with Crippen LogP contribution >= 0.6 is 24.0 Å². The number of carbonyl (C=O) groups excluding carboxylic acids is 1. The molecule has 1 aromatic carbocycles. The molecule has 0 radical (unpaired) electrons. The number of hydrogen-bond donors (Lipinski definition) is 3. The van der Waals surface area contributed by atoms with Gasteiger partial charge in [0, 0.05) is 13.6 Å². The van der Waals surface area contributed by atoms with E-state index in [0.29, 0.717) is 11.8 Å². The van der Waals surface area contributed by atoms with Gasteiger partial charge in [0.2, 0.25) is 5.91 Å². The summed E-state index contributed by atoms with van der Waals surface area (Å²) in [7, 11) is 1.41. The van der Waals surface area contributed by atoms with Crippen LogP contribution in [-0.4, -0.2) is 25.5 Å². The van der Waals surface area contributed by atoms with E-state index in [1.165, 1.54) is 13.3 Å². The van der Waals surface area contributed by atoms with E-state index in [-0.39, 0.29) is 61.0 Å². The first kappa shape index (κ1) is 23.7. The molecule has 1 amide bonds. The molecular weight excluding hydrogens is 495 g/mol. The molecule has 0 aliphatic rings. The molecule has 154 valence electrons. The van der Waals surface area contributed by atoms with Crippen molar-refractivity contribution < 1.29 is 26.8 Å². The average molecular weight is 514 g/mol. The fourth-order valence-electron chi connectivity index (χ4n) is 2.19. The molecule has 1 aromatic heterocycles. The minimum Gasteiger partial charge on any atom is -0.467 e. The summed E-state index contributed by atoms with van der Waals surface area (Å²) in [6.45, 7) is -0.178. The second-order valence-corrected chi connectivity index (χ2v) is 5.43. The Balaban J connectivity index is 0.00000392. The smallest absolute Gasteiger partial charge is 0.416 e. The third-order valence-corrected chi connectivity index (χ3v) is 3.50. The highest BCUT2D eigenvalue weighted by Gasteiger charge is 2.33. The van der Waals surface area contributed by atoms with E-state index in [2.05, 4.69) is 20.9 Å². The zero-order valence-corrected chi connectivity index (χ0v) is 17.1. The van der Waals surface area contributed by atoms with Gasteiger partial charge < -0.3 is 20.4 Å². The SMILES string of the molecule is CN=C(NCC(=O)NCc1ccco1)NCc1ccc(F)cc1C(F)(F)F.I. The van der Waals surface area contributed by atoms with E-state index >= 15 is 0 Å². The Morgan fingerprint density at radius 3 is 2.50 bits per heavy atom. The molecule has 0 aliphatic carbocycles. The number of nitrogens with one attached hydrogen (secondary N) is 3. The molecule has 0 spiro atoms. The summed E-state index contributed by atoms with van der Waals surface area (Å²) in [6.07, 6.45) is -3.20. The third-order valence-electron chi connectivity index (χ3n) is 3.50. The van der Waals surface area contributed by atoms with Crippen molar-refractivity contribution in [1.29, 1.82) is 0 Å². The third kappa shape index (κ3) is 7.37. The summed E-state index contributed by atoms with van der Waals surface area (Å²) in [5, 5.41) is 7.95. The van der Waals surface area contributed by atoms with Gasteiger partial charge in [0.15, 0.2) is 5.96 Å². The number of guanidine groups is 1. The molecule has 0 aliphatic heterocycles. The molecule has 11 heteroatoms. The normalized spacial score (nSPS) is 11.5. The maximum Gasteiger partial charge on any atom is 0.416 e. The van der Waals surface area contributed by atoms with Gasteiger partial charge in [0.25, 0.3) is 0 Å². The van der Waals surface area contributed by atoms with Gasteiger partial charge in [-0.15, -0.1) is 24.0 Å². The predicted molar refractivity (Wildman–Crippen MR) is 106 cm³/mol. The van der Waals surface area contributed by atoms with E-state index < -0.39 is 17.6 Å². The topological polar surface area (TPSA) is 78.7 Å². The van der Waals surface area contributed by atoms with Crippen LogP contribution in [0.2, 0.25) is 0 Å². The largest absolute Gasteiger partial charge is 0.467 e. The molecule has 2 aromatic rings. The minimum atomic E-state index is -4.68. The highest BCUT2D eigenvalue weighted by atomic mass is 127. The van der Waals surface area contributed by atoms with Crippen LogP contribution in [0, 0.1) is 5.82 Å². The monoisotopic (exact) mass is 514 g/mol. The lowest BCUT2D eigenvalue weighted by molar-refractivity contribution is -0.138. The lowest BCUT2D eigenvalue weighted by atomic mass is 10.1. The van der Waals surface area contributed by atoms with Crippen molar-refractivity contribution in [3.05, 3.63) is 59.3 Å². The lowest BCUT2D eigenvalue weighted by Gasteiger charge is -2.15. The van der Waals surface area contributed by atoms with Crippen LogP contribution in [0.5, 0.6) is 0 Å². The van der Waals surface area contributed by atoms with Gasteiger partial charge in [-0.1, -0.05) is 6.07 Å². The number of amides is 1. The molecular formula is C17H19F4IN4O2. The Hall–Kier alpha value is -2.31. The van der Waals surface area contributed by atoms with Gasteiger partial charge in [-0.2, -0.15) is 13.2 Å². The van der Waals surface area contributed by atoms with E-state index in [1.807, 2.05) is 0 Å². The molecule has 6 nitrogen and oxygen atoms in total. The number of rotatable bonds is 6. The van der Waals surface area contributed by atoms with Gasteiger partial charge in [0.05, 0.1) is 24.9 Å². The minimum absolute atomic E-state index is 0. The highest BCUT2D eigenvalue weighted by molar-refractivity contribution is 14.0. The fraction of sp³-hybridized carbons (Fsp3) is 0.294. The van der Waals surface area contributed by atoms with Gasteiger partial charge in [-0.3, -0.25) is 9.79 Å².